The van der Waals surface area contributed by atoms with Crippen molar-refractivity contribution < 1.29 is 9.13 Å². The number of aryl methyl sites for hydroxylation is 1. The van der Waals surface area contributed by atoms with E-state index in [-0.39, 0.29) is 11.9 Å². The number of hydrogen-bond donors (Lipinski definition) is 1. The van der Waals surface area contributed by atoms with E-state index in [0.717, 1.165) is 16.8 Å². The fraction of sp³-hybridized carbons (Fsp3) is 0.333. The summed E-state index contributed by atoms with van der Waals surface area (Å²) in [6, 6.07) is 6.60. The van der Waals surface area contributed by atoms with Gasteiger partial charge in [-0.25, -0.2) is 14.4 Å². The number of rotatable bonds is 5. The third kappa shape index (κ3) is 3.30. The van der Waals surface area contributed by atoms with Crippen LogP contribution in [0.15, 0.2) is 30.6 Å². The number of hydrogen-bond acceptors (Lipinski definition) is 4. The van der Waals surface area contributed by atoms with Gasteiger partial charge in [-0.15, -0.1) is 0 Å². The van der Waals surface area contributed by atoms with E-state index in [2.05, 4.69) is 15.3 Å². The van der Waals surface area contributed by atoms with Gasteiger partial charge in [0.05, 0.1) is 18.8 Å². The summed E-state index contributed by atoms with van der Waals surface area (Å²) in [7, 11) is 3.42. The predicted molar refractivity (Wildman–Crippen MR) is 75.2 cm³/mol. The summed E-state index contributed by atoms with van der Waals surface area (Å²) in [5.74, 6) is 0.298. The highest BCUT2D eigenvalue weighted by atomic mass is 19.1. The quantitative estimate of drug-likeness (QED) is 0.910. The van der Waals surface area contributed by atoms with E-state index in [1.165, 1.54) is 12.4 Å². The van der Waals surface area contributed by atoms with Crippen molar-refractivity contribution in [1.29, 1.82) is 0 Å². The number of aromatic nitrogens is 2. The van der Waals surface area contributed by atoms with E-state index in [9.17, 15) is 4.39 Å². The topological polar surface area (TPSA) is 47.0 Å². The minimum Gasteiger partial charge on any atom is -0.481 e. The number of halogens is 1. The molecule has 2 aromatic rings. The summed E-state index contributed by atoms with van der Waals surface area (Å²) >= 11 is 0. The first kappa shape index (κ1) is 14.4. The van der Waals surface area contributed by atoms with Crippen LogP contribution in [0.3, 0.4) is 0 Å². The van der Waals surface area contributed by atoms with Gasteiger partial charge in [-0.05, 0) is 43.7 Å². The van der Waals surface area contributed by atoms with Crippen LogP contribution in [0.5, 0.6) is 5.88 Å². The number of nitrogens with zero attached hydrogens (tertiary/aromatic N) is 2. The molecule has 1 aromatic heterocycles. The molecule has 0 saturated carbocycles. The fourth-order valence-corrected chi connectivity index (χ4v) is 2.09. The molecule has 1 aromatic carbocycles. The van der Waals surface area contributed by atoms with Gasteiger partial charge in [0.2, 0.25) is 5.88 Å². The van der Waals surface area contributed by atoms with Crippen molar-refractivity contribution in [2.75, 3.05) is 14.2 Å². The van der Waals surface area contributed by atoms with Crippen LogP contribution in [0, 0.1) is 12.7 Å². The molecule has 0 aliphatic carbocycles. The molecule has 5 heteroatoms. The molecule has 1 N–H and O–H groups in total. The Morgan fingerprint density at radius 2 is 2.10 bits per heavy atom. The summed E-state index contributed by atoms with van der Waals surface area (Å²) in [4.78, 5) is 8.25. The minimum absolute atomic E-state index is 0.0209. The van der Waals surface area contributed by atoms with Crippen molar-refractivity contribution in [2.45, 2.75) is 19.4 Å². The predicted octanol–water partition coefficient (Wildman–Crippen LogP) is 2.44. The van der Waals surface area contributed by atoms with Gasteiger partial charge in [0.25, 0.3) is 0 Å². The average molecular weight is 275 g/mol. The van der Waals surface area contributed by atoms with Crippen LogP contribution in [-0.2, 0) is 6.42 Å². The van der Waals surface area contributed by atoms with Crippen LogP contribution in [0.1, 0.15) is 22.9 Å². The van der Waals surface area contributed by atoms with Crippen molar-refractivity contribution in [3.05, 3.63) is 53.2 Å². The van der Waals surface area contributed by atoms with Crippen LogP contribution >= 0.6 is 0 Å². The maximum absolute atomic E-state index is 13.4. The van der Waals surface area contributed by atoms with Gasteiger partial charge < -0.3 is 10.1 Å². The average Bonchev–Trinajstić information content (AvgIpc) is 2.48. The third-order valence-corrected chi connectivity index (χ3v) is 3.31. The second kappa shape index (κ2) is 6.43. The van der Waals surface area contributed by atoms with Gasteiger partial charge in [-0.1, -0.05) is 6.07 Å². The Hall–Kier alpha value is -2.01. The van der Waals surface area contributed by atoms with Crippen LogP contribution in [0.4, 0.5) is 4.39 Å². The number of likely N-dealkylation sites (N-methyl/N-ethyl adjacent to an activating group) is 1. The molecule has 4 nitrogen and oxygen atoms in total. The highest BCUT2D eigenvalue weighted by Gasteiger charge is 2.14. The molecule has 0 aliphatic heterocycles. The number of ether oxygens (including phenoxy) is 1. The number of nitrogens with one attached hydrogen (secondary N) is 1. The molecule has 1 atom stereocenters. The molecule has 0 amide bonds. The molecule has 0 saturated heterocycles. The lowest BCUT2D eigenvalue weighted by molar-refractivity contribution is 0.394. The Morgan fingerprint density at radius 3 is 2.80 bits per heavy atom. The molecule has 0 bridgehead atoms. The summed E-state index contributed by atoms with van der Waals surface area (Å²) in [5.41, 5.74) is 2.85. The van der Waals surface area contributed by atoms with E-state index >= 15 is 0 Å². The highest BCUT2D eigenvalue weighted by Crippen LogP contribution is 2.21. The number of benzene rings is 1. The molecule has 0 aliphatic rings. The zero-order valence-electron chi connectivity index (χ0n) is 11.9. The summed E-state index contributed by atoms with van der Waals surface area (Å²) in [6.07, 6.45) is 2.12. The van der Waals surface area contributed by atoms with E-state index < -0.39 is 0 Å². The normalized spacial score (nSPS) is 12.2. The van der Waals surface area contributed by atoms with Crippen molar-refractivity contribution in [3.63, 3.8) is 0 Å². The summed E-state index contributed by atoms with van der Waals surface area (Å²) < 4.78 is 18.5. The Balaban J connectivity index is 2.26. The molecule has 20 heavy (non-hydrogen) atoms. The van der Waals surface area contributed by atoms with Crippen molar-refractivity contribution in [3.8, 4) is 5.88 Å². The summed E-state index contributed by atoms with van der Waals surface area (Å²) in [5, 5.41) is 3.20. The van der Waals surface area contributed by atoms with Crippen molar-refractivity contribution in [1.82, 2.24) is 15.3 Å². The van der Waals surface area contributed by atoms with Gasteiger partial charge >= 0.3 is 0 Å². The first-order valence-corrected chi connectivity index (χ1v) is 6.42. The molecule has 0 fully saturated rings. The lowest BCUT2D eigenvalue weighted by atomic mass is 9.99. The maximum atomic E-state index is 13.4. The van der Waals surface area contributed by atoms with E-state index in [0.29, 0.717) is 12.3 Å². The van der Waals surface area contributed by atoms with Gasteiger partial charge in [0.1, 0.15) is 12.1 Å². The zero-order chi connectivity index (χ0) is 14.5. The number of methoxy groups -OCH3 is 1. The SMILES string of the molecule is CNC(Cc1cc(F)ccc1C)c1cc(OC)ncn1. The van der Waals surface area contributed by atoms with Crippen molar-refractivity contribution in [2.24, 2.45) is 0 Å². The molecule has 1 heterocycles. The van der Waals surface area contributed by atoms with Gasteiger partial charge in [0, 0.05) is 6.07 Å². The largest absolute Gasteiger partial charge is 0.481 e. The lowest BCUT2D eigenvalue weighted by Crippen LogP contribution is -2.20. The second-order valence-corrected chi connectivity index (χ2v) is 4.60. The Labute approximate surface area is 118 Å². The molecule has 0 spiro atoms. The van der Waals surface area contributed by atoms with Gasteiger partial charge in [-0.3, -0.25) is 0 Å². The smallest absolute Gasteiger partial charge is 0.216 e. The lowest BCUT2D eigenvalue weighted by Gasteiger charge is -2.17. The molecular weight excluding hydrogens is 257 g/mol. The minimum atomic E-state index is -0.222. The third-order valence-electron chi connectivity index (χ3n) is 3.31. The van der Waals surface area contributed by atoms with Gasteiger partial charge in [0.15, 0.2) is 0 Å². The van der Waals surface area contributed by atoms with Gasteiger partial charge in [-0.2, -0.15) is 0 Å². The molecule has 0 radical (unpaired) electrons. The van der Waals surface area contributed by atoms with E-state index in [4.69, 9.17) is 4.74 Å². The first-order valence-electron chi connectivity index (χ1n) is 6.42. The summed E-state index contributed by atoms with van der Waals surface area (Å²) in [6.45, 7) is 1.97. The molecule has 1 unspecified atom stereocenters. The molecule has 2 rings (SSSR count). The van der Waals surface area contributed by atoms with Crippen molar-refractivity contribution >= 4 is 0 Å². The standard InChI is InChI=1S/C15H18FN3O/c1-10-4-5-12(16)6-11(10)7-13(17-2)14-8-15(20-3)19-9-18-14/h4-6,8-9,13,17H,7H2,1-3H3. The van der Waals surface area contributed by atoms with Crippen LogP contribution in [0.2, 0.25) is 0 Å². The second-order valence-electron chi connectivity index (χ2n) is 4.60. The Bertz CT molecular complexity index is 589. The fourth-order valence-electron chi connectivity index (χ4n) is 2.09. The first-order chi connectivity index (χ1) is 9.63. The maximum Gasteiger partial charge on any atom is 0.216 e. The Kier molecular flexibility index (Phi) is 4.63. The van der Waals surface area contributed by atoms with E-state index in [1.807, 2.05) is 14.0 Å². The molecular formula is C15H18FN3O. The van der Waals surface area contributed by atoms with Crippen LogP contribution < -0.4 is 10.1 Å². The Morgan fingerprint density at radius 1 is 1.30 bits per heavy atom. The van der Waals surface area contributed by atoms with E-state index in [1.54, 1.807) is 25.3 Å². The molecule has 106 valence electrons. The highest BCUT2D eigenvalue weighted by molar-refractivity contribution is 5.29. The van der Waals surface area contributed by atoms with Crippen LogP contribution in [-0.4, -0.2) is 24.1 Å². The zero-order valence-corrected chi connectivity index (χ0v) is 11.9. The van der Waals surface area contributed by atoms with Crippen LogP contribution in [0.25, 0.3) is 0 Å². The monoisotopic (exact) mass is 275 g/mol.